The lowest BCUT2D eigenvalue weighted by Gasteiger charge is -2.03. The van der Waals surface area contributed by atoms with Gasteiger partial charge in [-0.1, -0.05) is 0 Å². The maximum Gasteiger partial charge on any atom is 0.251 e. The lowest BCUT2D eigenvalue weighted by Crippen LogP contribution is -2.26. The van der Waals surface area contributed by atoms with Crippen molar-refractivity contribution in [2.24, 2.45) is 0 Å². The predicted molar refractivity (Wildman–Crippen MR) is 63.4 cm³/mol. The molecular weight excluding hydrogens is 291 g/mol. The standard InChI is InChI=1S/C10H12INO2/c1-14-7-6-12-10(13)8-2-4-9(11)5-3-8/h2-5H,6-7H2,1H3,(H,12,13)/i11-2. The van der Waals surface area contributed by atoms with Crippen LogP contribution in [0, 0.1) is 3.57 Å². The third-order valence-electron chi connectivity index (χ3n) is 1.70. The summed E-state index contributed by atoms with van der Waals surface area (Å²) in [7, 11) is 1.61. The van der Waals surface area contributed by atoms with Crippen LogP contribution in [0.15, 0.2) is 24.3 Å². The molecule has 1 aromatic carbocycles. The first-order valence-electron chi connectivity index (χ1n) is 4.26. The van der Waals surface area contributed by atoms with Crippen molar-refractivity contribution < 1.29 is 9.53 Å². The van der Waals surface area contributed by atoms with E-state index >= 15 is 0 Å². The van der Waals surface area contributed by atoms with Crippen LogP contribution < -0.4 is 5.32 Å². The Morgan fingerprint density at radius 3 is 2.64 bits per heavy atom. The summed E-state index contributed by atoms with van der Waals surface area (Å²) in [5.74, 6) is -0.0570. The van der Waals surface area contributed by atoms with E-state index in [0.29, 0.717) is 18.7 Å². The third kappa shape index (κ3) is 3.63. The van der Waals surface area contributed by atoms with Crippen LogP contribution in [-0.4, -0.2) is 26.2 Å². The molecule has 0 fully saturated rings. The molecule has 76 valence electrons. The van der Waals surface area contributed by atoms with Crippen LogP contribution in [0.2, 0.25) is 0 Å². The lowest BCUT2D eigenvalue weighted by atomic mass is 10.2. The van der Waals surface area contributed by atoms with E-state index in [1.807, 2.05) is 24.3 Å². The number of methoxy groups -OCH3 is 1. The first kappa shape index (κ1) is 11.5. The highest BCUT2D eigenvalue weighted by atomic mass is 125. The molecule has 1 amide bonds. The highest BCUT2D eigenvalue weighted by molar-refractivity contribution is 14.1. The summed E-state index contributed by atoms with van der Waals surface area (Å²) in [6, 6.07) is 7.44. The topological polar surface area (TPSA) is 38.3 Å². The van der Waals surface area contributed by atoms with Gasteiger partial charge in [-0.2, -0.15) is 0 Å². The van der Waals surface area contributed by atoms with Crippen LogP contribution in [0.5, 0.6) is 0 Å². The summed E-state index contributed by atoms with van der Waals surface area (Å²) in [5.41, 5.74) is 0.682. The zero-order valence-electron chi connectivity index (χ0n) is 7.92. The number of hydrogen-bond acceptors (Lipinski definition) is 2. The van der Waals surface area contributed by atoms with E-state index in [9.17, 15) is 4.79 Å². The Labute approximate surface area is 97.0 Å². The van der Waals surface area contributed by atoms with Crippen molar-refractivity contribution in [3.8, 4) is 0 Å². The molecule has 0 aliphatic carbocycles. The van der Waals surface area contributed by atoms with E-state index in [1.54, 1.807) is 7.11 Å². The van der Waals surface area contributed by atoms with Gasteiger partial charge in [-0.05, 0) is 46.9 Å². The summed E-state index contributed by atoms with van der Waals surface area (Å²) in [6.45, 7) is 1.08. The average Bonchev–Trinajstić information content (AvgIpc) is 2.19. The molecule has 0 heterocycles. The van der Waals surface area contributed by atoms with Crippen molar-refractivity contribution in [3.63, 3.8) is 0 Å². The highest BCUT2D eigenvalue weighted by Gasteiger charge is 2.02. The second-order valence-corrected chi connectivity index (χ2v) is 4.00. The number of carbonyl (C=O) groups is 1. The number of hydrogen-bond donors (Lipinski definition) is 1. The smallest absolute Gasteiger partial charge is 0.251 e. The Balaban J connectivity index is 2.48. The minimum atomic E-state index is -0.0570. The number of halogens is 1. The first-order valence-corrected chi connectivity index (χ1v) is 5.34. The summed E-state index contributed by atoms with van der Waals surface area (Å²) >= 11 is 2.20. The van der Waals surface area contributed by atoms with Crippen LogP contribution in [0.4, 0.5) is 0 Å². The molecule has 0 saturated heterocycles. The fourth-order valence-corrected chi connectivity index (χ4v) is 1.33. The van der Waals surface area contributed by atoms with Gasteiger partial charge in [0.2, 0.25) is 0 Å². The summed E-state index contributed by atoms with van der Waals surface area (Å²) in [4.78, 5) is 11.5. The molecule has 0 aliphatic rings. The number of benzene rings is 1. The first-order chi connectivity index (χ1) is 6.74. The minimum absolute atomic E-state index is 0.0570. The van der Waals surface area contributed by atoms with E-state index in [1.165, 1.54) is 0 Å². The van der Waals surface area contributed by atoms with Gasteiger partial charge in [-0.15, -0.1) is 0 Å². The predicted octanol–water partition coefficient (Wildman–Crippen LogP) is 1.67. The molecule has 0 aliphatic heterocycles. The Bertz CT molecular complexity index is 297. The third-order valence-corrected chi connectivity index (χ3v) is 2.42. The molecule has 0 aromatic heterocycles. The molecule has 1 N–H and O–H groups in total. The summed E-state index contributed by atoms with van der Waals surface area (Å²) < 4.78 is 5.95. The van der Waals surface area contributed by atoms with Gasteiger partial charge in [0.15, 0.2) is 0 Å². The van der Waals surface area contributed by atoms with Crippen LogP contribution in [0.3, 0.4) is 0 Å². The lowest BCUT2D eigenvalue weighted by molar-refractivity contribution is 0.0937. The molecule has 0 radical (unpaired) electrons. The molecule has 3 nitrogen and oxygen atoms in total. The van der Waals surface area contributed by atoms with Crippen molar-refractivity contribution in [1.82, 2.24) is 5.32 Å². The molecular formula is C10H12INO2. The highest BCUT2D eigenvalue weighted by Crippen LogP contribution is 2.06. The van der Waals surface area contributed by atoms with E-state index < -0.39 is 0 Å². The molecule has 0 atom stereocenters. The number of ether oxygens (including phenoxy) is 1. The minimum Gasteiger partial charge on any atom is -0.383 e. The average molecular weight is 303 g/mol. The van der Waals surface area contributed by atoms with Gasteiger partial charge < -0.3 is 10.1 Å². The monoisotopic (exact) mass is 303 g/mol. The second kappa shape index (κ2) is 5.98. The molecule has 1 aromatic rings. The van der Waals surface area contributed by atoms with Gasteiger partial charge in [0.25, 0.3) is 5.91 Å². The summed E-state index contributed by atoms with van der Waals surface area (Å²) in [6.07, 6.45) is 0. The van der Waals surface area contributed by atoms with Gasteiger partial charge in [-0.3, -0.25) is 4.79 Å². The van der Waals surface area contributed by atoms with Gasteiger partial charge in [-0.25, -0.2) is 0 Å². The van der Waals surface area contributed by atoms with Crippen molar-refractivity contribution in [3.05, 3.63) is 33.4 Å². The van der Waals surface area contributed by atoms with E-state index in [-0.39, 0.29) is 5.91 Å². The van der Waals surface area contributed by atoms with E-state index in [0.717, 1.165) is 3.57 Å². The number of carbonyl (C=O) groups excluding carboxylic acids is 1. The van der Waals surface area contributed by atoms with Crippen molar-refractivity contribution >= 4 is 28.5 Å². The molecule has 0 bridgehead atoms. The van der Waals surface area contributed by atoms with E-state index in [2.05, 4.69) is 27.9 Å². The van der Waals surface area contributed by atoms with Crippen LogP contribution in [0.1, 0.15) is 10.4 Å². The quantitative estimate of drug-likeness (QED) is 0.679. The van der Waals surface area contributed by atoms with Gasteiger partial charge >= 0.3 is 0 Å². The SMILES string of the molecule is COCCNC(=O)c1ccc([125I])cc1. The number of amides is 1. The molecule has 0 unspecified atom stereocenters. The molecule has 14 heavy (non-hydrogen) atoms. The summed E-state index contributed by atoms with van der Waals surface area (Å²) in [5, 5.41) is 2.75. The Kier molecular flexibility index (Phi) is 4.89. The van der Waals surface area contributed by atoms with E-state index in [4.69, 9.17) is 4.74 Å². The molecule has 0 spiro atoms. The van der Waals surface area contributed by atoms with Crippen LogP contribution >= 0.6 is 22.6 Å². The fraction of sp³-hybridized carbons (Fsp3) is 0.300. The fourth-order valence-electron chi connectivity index (χ4n) is 0.970. The van der Waals surface area contributed by atoms with Gasteiger partial charge in [0.05, 0.1) is 6.61 Å². The van der Waals surface area contributed by atoms with Gasteiger partial charge in [0.1, 0.15) is 0 Å². The number of rotatable bonds is 4. The van der Waals surface area contributed by atoms with Gasteiger partial charge in [0, 0.05) is 22.8 Å². The van der Waals surface area contributed by atoms with Crippen molar-refractivity contribution in [2.45, 2.75) is 0 Å². The number of nitrogens with one attached hydrogen (secondary N) is 1. The molecule has 4 heteroatoms. The molecule has 1 rings (SSSR count). The Morgan fingerprint density at radius 1 is 1.43 bits per heavy atom. The van der Waals surface area contributed by atoms with Crippen molar-refractivity contribution in [2.75, 3.05) is 20.3 Å². The largest absolute Gasteiger partial charge is 0.383 e. The normalized spacial score (nSPS) is 9.86. The van der Waals surface area contributed by atoms with Crippen molar-refractivity contribution in [1.29, 1.82) is 0 Å². The van der Waals surface area contributed by atoms with Crippen LogP contribution in [0.25, 0.3) is 0 Å². The molecule has 0 saturated carbocycles. The maximum absolute atomic E-state index is 11.5. The Hall–Kier alpha value is -0.620. The second-order valence-electron chi connectivity index (χ2n) is 2.76. The zero-order chi connectivity index (χ0) is 10.4. The zero-order valence-corrected chi connectivity index (χ0v) is 10.1. The maximum atomic E-state index is 11.5. The Morgan fingerprint density at radius 2 is 2.07 bits per heavy atom. The van der Waals surface area contributed by atoms with Crippen LogP contribution in [-0.2, 0) is 4.74 Å².